The molecule has 0 radical (unpaired) electrons. The Bertz CT molecular complexity index is 1040. The lowest BCUT2D eigenvalue weighted by Crippen LogP contribution is -2.59. The van der Waals surface area contributed by atoms with E-state index in [1.165, 1.54) is 64.2 Å². The molecule has 10 nitrogen and oxygen atoms in total. The van der Waals surface area contributed by atoms with E-state index in [0.717, 1.165) is 70.6 Å². The summed E-state index contributed by atoms with van der Waals surface area (Å²) in [6.07, 6.45) is 34.0. The lowest BCUT2D eigenvalue weighted by atomic mass is 9.99. The van der Waals surface area contributed by atoms with E-state index in [0.29, 0.717) is 6.42 Å². The normalized spacial score (nSPS) is 21.0. The van der Waals surface area contributed by atoms with Gasteiger partial charge in [-0.15, -0.1) is 0 Å². The van der Waals surface area contributed by atoms with Gasteiger partial charge in [0.25, 0.3) is 0 Å². The van der Waals surface area contributed by atoms with Crippen LogP contribution in [0, 0.1) is 0 Å². The molecule has 6 unspecified atom stereocenters. The molecule has 0 amide bonds. The van der Waals surface area contributed by atoms with Crippen molar-refractivity contribution in [2.75, 3.05) is 19.8 Å². The number of ether oxygens (including phenoxy) is 4. The topological polar surface area (TPSA) is 152 Å². The van der Waals surface area contributed by atoms with Crippen molar-refractivity contribution in [3.8, 4) is 0 Å². The average Bonchev–Trinajstić information content (AvgIpc) is 3.18. The van der Waals surface area contributed by atoms with E-state index in [1.54, 1.807) is 0 Å². The van der Waals surface area contributed by atoms with Gasteiger partial charge < -0.3 is 39.4 Å². The lowest BCUT2D eigenvalue weighted by molar-refractivity contribution is -0.305. The fraction of sp³-hybridized carbons (Fsp3) is 0.778. The number of carbonyl (C=O) groups is 2. The maximum absolute atomic E-state index is 12.7. The molecule has 0 saturated carbocycles. The summed E-state index contributed by atoms with van der Waals surface area (Å²) in [5, 5.41) is 40.0. The lowest BCUT2D eigenvalue weighted by Gasteiger charge is -2.39. The summed E-state index contributed by atoms with van der Waals surface area (Å²) < 4.78 is 22.1. The summed E-state index contributed by atoms with van der Waals surface area (Å²) in [6.45, 7) is 3.28. The molecule has 0 aromatic rings. The summed E-state index contributed by atoms with van der Waals surface area (Å²) in [6, 6.07) is 0. The summed E-state index contributed by atoms with van der Waals surface area (Å²) in [5.41, 5.74) is 0. The molecular weight excluding hydrogens is 700 g/mol. The van der Waals surface area contributed by atoms with Crippen LogP contribution in [0.3, 0.4) is 0 Å². The van der Waals surface area contributed by atoms with Crippen LogP contribution in [-0.2, 0) is 28.5 Å². The SMILES string of the molecule is CC/C=C\C/C=C\C/C=C\C/C=C\CCCCCCC(=O)OC(COC(=O)CCCCCCCCCCCCCCC)COC1OC(CO)C(O)C(O)C1O. The number of aliphatic hydroxyl groups is 4. The van der Waals surface area contributed by atoms with Crippen molar-refractivity contribution >= 4 is 11.9 Å². The third-order valence-electron chi connectivity index (χ3n) is 9.73. The van der Waals surface area contributed by atoms with Crippen LogP contribution in [0.2, 0.25) is 0 Å². The number of unbranched alkanes of at least 4 members (excludes halogenated alkanes) is 16. The summed E-state index contributed by atoms with van der Waals surface area (Å²) in [5.74, 6) is -0.834. The molecule has 0 aromatic heterocycles. The second-order valence-corrected chi connectivity index (χ2v) is 14.8. The Labute approximate surface area is 333 Å². The molecule has 1 heterocycles. The van der Waals surface area contributed by atoms with Crippen molar-refractivity contribution < 1.29 is 49.0 Å². The molecule has 0 aromatic carbocycles. The number of esters is 2. The van der Waals surface area contributed by atoms with Gasteiger partial charge in [-0.3, -0.25) is 9.59 Å². The number of hydrogen-bond acceptors (Lipinski definition) is 10. The second-order valence-electron chi connectivity index (χ2n) is 14.8. The van der Waals surface area contributed by atoms with Crippen molar-refractivity contribution in [2.24, 2.45) is 0 Å². The van der Waals surface area contributed by atoms with Crippen LogP contribution >= 0.6 is 0 Å². The third kappa shape index (κ3) is 27.8. The van der Waals surface area contributed by atoms with E-state index < -0.39 is 49.4 Å². The molecule has 0 spiro atoms. The van der Waals surface area contributed by atoms with Crippen molar-refractivity contribution in [3.63, 3.8) is 0 Å². The first-order valence-corrected chi connectivity index (χ1v) is 21.7. The Hall–Kier alpha value is -2.34. The van der Waals surface area contributed by atoms with E-state index >= 15 is 0 Å². The smallest absolute Gasteiger partial charge is 0.306 e. The molecular formula is C45H78O10. The van der Waals surface area contributed by atoms with Crippen molar-refractivity contribution in [1.29, 1.82) is 0 Å². The van der Waals surface area contributed by atoms with Crippen LogP contribution in [0.5, 0.6) is 0 Å². The molecule has 1 aliphatic heterocycles. The first-order valence-electron chi connectivity index (χ1n) is 21.7. The van der Waals surface area contributed by atoms with Crippen molar-refractivity contribution in [3.05, 3.63) is 48.6 Å². The largest absolute Gasteiger partial charge is 0.462 e. The summed E-state index contributed by atoms with van der Waals surface area (Å²) in [4.78, 5) is 25.3. The molecule has 55 heavy (non-hydrogen) atoms. The molecule has 318 valence electrons. The van der Waals surface area contributed by atoms with Crippen LogP contribution in [0.4, 0.5) is 0 Å². The Morgan fingerprint density at radius 3 is 1.62 bits per heavy atom. The zero-order chi connectivity index (χ0) is 40.2. The van der Waals surface area contributed by atoms with E-state index in [1.807, 2.05) is 0 Å². The highest BCUT2D eigenvalue weighted by molar-refractivity contribution is 5.70. The molecule has 1 saturated heterocycles. The Balaban J connectivity index is 2.37. The molecule has 1 fully saturated rings. The van der Waals surface area contributed by atoms with Crippen LogP contribution in [-0.4, -0.2) is 89.0 Å². The van der Waals surface area contributed by atoms with Crippen molar-refractivity contribution in [1.82, 2.24) is 0 Å². The first-order chi connectivity index (χ1) is 26.8. The number of carbonyl (C=O) groups excluding carboxylic acids is 2. The molecule has 4 N–H and O–H groups in total. The standard InChI is InChI=1S/C45H78O10/c1-3-5-7-9-11-13-15-17-18-19-20-22-24-26-28-30-32-34-41(48)54-38(37-53-45-44(51)43(50)42(49)39(35-46)55-45)36-52-40(47)33-31-29-27-25-23-21-16-14-12-10-8-6-4-2/h5,7,11,13,17-18,20,22,38-39,42-46,49-51H,3-4,6,8-10,12,14-16,19,21,23-37H2,1-2H3/b7-5-,13-11-,18-17-,22-20-. The molecule has 6 atom stereocenters. The van der Waals surface area contributed by atoms with Crippen molar-refractivity contribution in [2.45, 2.75) is 205 Å². The molecule has 1 rings (SSSR count). The summed E-state index contributed by atoms with van der Waals surface area (Å²) >= 11 is 0. The van der Waals surface area contributed by atoms with Gasteiger partial charge in [0.05, 0.1) is 13.2 Å². The predicted molar refractivity (Wildman–Crippen MR) is 219 cm³/mol. The molecule has 10 heteroatoms. The van der Waals surface area contributed by atoms with Crippen LogP contribution < -0.4 is 0 Å². The molecule has 0 aliphatic carbocycles. The Morgan fingerprint density at radius 1 is 0.582 bits per heavy atom. The van der Waals surface area contributed by atoms with Crippen LogP contribution in [0.15, 0.2) is 48.6 Å². The van der Waals surface area contributed by atoms with Gasteiger partial charge in [0.1, 0.15) is 31.0 Å². The maximum Gasteiger partial charge on any atom is 0.306 e. The van der Waals surface area contributed by atoms with Gasteiger partial charge >= 0.3 is 11.9 Å². The first kappa shape index (κ1) is 50.7. The fourth-order valence-corrected chi connectivity index (χ4v) is 6.30. The monoisotopic (exact) mass is 779 g/mol. The van der Waals surface area contributed by atoms with Gasteiger partial charge in [-0.1, -0.05) is 152 Å². The zero-order valence-electron chi connectivity index (χ0n) is 34.4. The van der Waals surface area contributed by atoms with Gasteiger partial charge in [0, 0.05) is 12.8 Å². The Morgan fingerprint density at radius 2 is 1.07 bits per heavy atom. The quantitative estimate of drug-likeness (QED) is 0.0279. The van der Waals surface area contributed by atoms with Gasteiger partial charge in [0.15, 0.2) is 12.4 Å². The van der Waals surface area contributed by atoms with E-state index in [9.17, 15) is 30.0 Å². The zero-order valence-corrected chi connectivity index (χ0v) is 34.4. The average molecular weight is 779 g/mol. The minimum absolute atomic E-state index is 0.202. The predicted octanol–water partition coefficient (Wildman–Crippen LogP) is 8.88. The summed E-state index contributed by atoms with van der Waals surface area (Å²) in [7, 11) is 0. The minimum atomic E-state index is -1.60. The van der Waals surface area contributed by atoms with E-state index in [2.05, 4.69) is 62.5 Å². The number of allylic oxidation sites excluding steroid dienone is 8. The van der Waals surface area contributed by atoms with Gasteiger partial charge in [-0.05, 0) is 51.4 Å². The van der Waals surface area contributed by atoms with Crippen LogP contribution in [0.25, 0.3) is 0 Å². The van der Waals surface area contributed by atoms with Crippen LogP contribution in [0.1, 0.15) is 168 Å². The number of rotatable bonds is 35. The molecule has 0 bridgehead atoms. The highest BCUT2D eigenvalue weighted by Crippen LogP contribution is 2.22. The van der Waals surface area contributed by atoms with Gasteiger partial charge in [-0.2, -0.15) is 0 Å². The highest BCUT2D eigenvalue weighted by atomic mass is 16.7. The highest BCUT2D eigenvalue weighted by Gasteiger charge is 2.44. The Kier molecular flexibility index (Phi) is 33.2. The van der Waals surface area contributed by atoms with E-state index in [-0.39, 0.29) is 32.0 Å². The second kappa shape index (κ2) is 36.0. The van der Waals surface area contributed by atoms with E-state index in [4.69, 9.17) is 18.9 Å². The number of hydrogen-bond donors (Lipinski definition) is 4. The molecule has 1 aliphatic rings. The van der Waals surface area contributed by atoms with Gasteiger partial charge in [-0.25, -0.2) is 0 Å². The van der Waals surface area contributed by atoms with Gasteiger partial charge in [0.2, 0.25) is 0 Å². The number of aliphatic hydroxyl groups excluding tert-OH is 4. The minimum Gasteiger partial charge on any atom is -0.462 e. The third-order valence-corrected chi connectivity index (χ3v) is 9.73. The maximum atomic E-state index is 12.7. The fourth-order valence-electron chi connectivity index (χ4n) is 6.30.